The van der Waals surface area contributed by atoms with Crippen LogP contribution in [0.3, 0.4) is 0 Å². The van der Waals surface area contributed by atoms with Gasteiger partial charge in [-0.3, -0.25) is 9.59 Å². The smallest absolute Gasteiger partial charge is 0.256 e. The average molecular weight is 429 g/mol. The second-order valence-electron chi connectivity index (χ2n) is 8.03. The molecule has 0 saturated carbocycles. The van der Waals surface area contributed by atoms with Crippen molar-refractivity contribution in [3.63, 3.8) is 0 Å². The van der Waals surface area contributed by atoms with Gasteiger partial charge in [-0.2, -0.15) is 0 Å². The Bertz CT molecular complexity index is 1150. The number of amides is 2. The summed E-state index contributed by atoms with van der Waals surface area (Å²) < 4.78 is 0. The van der Waals surface area contributed by atoms with Crippen LogP contribution < -0.4 is 5.32 Å². The molecular weight excluding hydrogens is 404 g/mol. The first-order valence-corrected chi connectivity index (χ1v) is 11.7. The molecule has 2 amide bonds. The fourth-order valence-corrected chi connectivity index (χ4v) is 5.33. The van der Waals surface area contributed by atoms with Crippen molar-refractivity contribution < 1.29 is 9.59 Å². The number of rotatable bonds is 5. The number of fused-ring (bicyclic) bond motifs is 3. The summed E-state index contributed by atoms with van der Waals surface area (Å²) in [7, 11) is 0. The molecule has 3 aromatic carbocycles. The molecule has 1 aliphatic carbocycles. The van der Waals surface area contributed by atoms with E-state index in [9.17, 15) is 9.59 Å². The van der Waals surface area contributed by atoms with Gasteiger partial charge in [-0.15, -0.1) is 11.8 Å². The zero-order valence-corrected chi connectivity index (χ0v) is 18.1. The van der Waals surface area contributed by atoms with Gasteiger partial charge >= 0.3 is 0 Å². The van der Waals surface area contributed by atoms with Gasteiger partial charge in [0.25, 0.3) is 5.91 Å². The quantitative estimate of drug-likeness (QED) is 0.443. The first-order valence-electron chi connectivity index (χ1n) is 10.7. The van der Waals surface area contributed by atoms with E-state index in [0.717, 1.165) is 42.9 Å². The van der Waals surface area contributed by atoms with Crippen LogP contribution in [0.25, 0.3) is 11.1 Å². The Balaban J connectivity index is 1.31. The van der Waals surface area contributed by atoms with E-state index in [2.05, 4.69) is 41.7 Å². The van der Waals surface area contributed by atoms with E-state index in [1.54, 1.807) is 0 Å². The van der Waals surface area contributed by atoms with Gasteiger partial charge in [-0.1, -0.05) is 42.5 Å². The summed E-state index contributed by atoms with van der Waals surface area (Å²) in [5.74, 6) is 0.359. The van der Waals surface area contributed by atoms with Crippen molar-refractivity contribution >= 4 is 29.3 Å². The summed E-state index contributed by atoms with van der Waals surface area (Å²) in [5, 5.41) is 3.05. The SMILES string of the molecule is O=C(Nc1ccc2c(c1)-c1ccccc1C2)c1ccccc1SCC(=O)N1CCCC1. The summed E-state index contributed by atoms with van der Waals surface area (Å²) in [4.78, 5) is 28.2. The minimum Gasteiger partial charge on any atom is -0.342 e. The van der Waals surface area contributed by atoms with Gasteiger partial charge < -0.3 is 10.2 Å². The summed E-state index contributed by atoms with van der Waals surface area (Å²) in [5.41, 5.74) is 6.43. The van der Waals surface area contributed by atoms with Crippen molar-refractivity contribution in [3.8, 4) is 11.1 Å². The van der Waals surface area contributed by atoms with Crippen molar-refractivity contribution in [3.05, 3.63) is 83.4 Å². The van der Waals surface area contributed by atoms with Gasteiger partial charge in [0.2, 0.25) is 5.91 Å². The van der Waals surface area contributed by atoms with E-state index in [1.165, 1.54) is 34.0 Å². The number of anilines is 1. The highest BCUT2D eigenvalue weighted by atomic mass is 32.2. The summed E-state index contributed by atoms with van der Waals surface area (Å²) in [6.07, 6.45) is 3.10. The highest BCUT2D eigenvalue weighted by molar-refractivity contribution is 8.00. The molecule has 0 aromatic heterocycles. The number of thioether (sulfide) groups is 1. The van der Waals surface area contributed by atoms with E-state index in [1.807, 2.05) is 35.2 Å². The molecule has 0 radical (unpaired) electrons. The number of carbonyl (C=O) groups excluding carboxylic acids is 2. The monoisotopic (exact) mass is 428 g/mol. The third-order valence-electron chi connectivity index (χ3n) is 6.00. The fraction of sp³-hybridized carbons (Fsp3) is 0.231. The van der Waals surface area contributed by atoms with Gasteiger partial charge in [-0.05, 0) is 65.8 Å². The first-order chi connectivity index (χ1) is 15.2. The van der Waals surface area contributed by atoms with Gasteiger partial charge in [0, 0.05) is 23.7 Å². The largest absolute Gasteiger partial charge is 0.342 e. The number of carbonyl (C=O) groups is 2. The van der Waals surface area contributed by atoms with Crippen LogP contribution in [0, 0.1) is 0 Å². The molecule has 5 rings (SSSR count). The van der Waals surface area contributed by atoms with Gasteiger partial charge in [0.1, 0.15) is 0 Å². The third kappa shape index (κ3) is 4.10. The summed E-state index contributed by atoms with van der Waals surface area (Å²) in [6.45, 7) is 1.70. The zero-order valence-electron chi connectivity index (χ0n) is 17.3. The summed E-state index contributed by atoms with van der Waals surface area (Å²) >= 11 is 1.44. The van der Waals surface area contributed by atoms with E-state index >= 15 is 0 Å². The minimum absolute atomic E-state index is 0.148. The molecule has 5 heteroatoms. The highest BCUT2D eigenvalue weighted by Crippen LogP contribution is 2.38. The predicted octanol–water partition coefficient (Wildman–Crippen LogP) is 5.22. The van der Waals surface area contributed by atoms with E-state index in [0.29, 0.717) is 11.3 Å². The molecule has 1 saturated heterocycles. The van der Waals surface area contributed by atoms with Crippen molar-refractivity contribution in [1.29, 1.82) is 0 Å². The Hall–Kier alpha value is -3.05. The van der Waals surface area contributed by atoms with Crippen LogP contribution in [0.5, 0.6) is 0 Å². The molecule has 1 fully saturated rings. The van der Waals surface area contributed by atoms with Gasteiger partial charge in [0.15, 0.2) is 0 Å². The topological polar surface area (TPSA) is 49.4 Å². The van der Waals surface area contributed by atoms with Gasteiger partial charge in [-0.25, -0.2) is 0 Å². The molecule has 1 heterocycles. The Morgan fingerprint density at radius 3 is 2.48 bits per heavy atom. The molecule has 3 aromatic rings. The second kappa shape index (κ2) is 8.60. The van der Waals surface area contributed by atoms with Crippen LogP contribution in [0.2, 0.25) is 0 Å². The first kappa shape index (κ1) is 19.9. The van der Waals surface area contributed by atoms with Crippen molar-refractivity contribution in [1.82, 2.24) is 4.90 Å². The number of nitrogens with zero attached hydrogens (tertiary/aromatic N) is 1. The number of benzene rings is 3. The van der Waals surface area contributed by atoms with Crippen LogP contribution in [-0.4, -0.2) is 35.6 Å². The normalized spacial score (nSPS) is 14.3. The molecule has 0 atom stereocenters. The van der Waals surface area contributed by atoms with Crippen LogP contribution in [0.1, 0.15) is 34.3 Å². The molecule has 0 spiro atoms. The zero-order chi connectivity index (χ0) is 21.2. The van der Waals surface area contributed by atoms with Crippen LogP contribution in [0.4, 0.5) is 5.69 Å². The van der Waals surface area contributed by atoms with Crippen molar-refractivity contribution in [2.45, 2.75) is 24.2 Å². The molecule has 2 aliphatic rings. The molecule has 156 valence electrons. The number of hydrogen-bond donors (Lipinski definition) is 1. The Kier molecular flexibility index (Phi) is 5.51. The number of hydrogen-bond acceptors (Lipinski definition) is 3. The lowest BCUT2D eigenvalue weighted by Crippen LogP contribution is -2.29. The maximum Gasteiger partial charge on any atom is 0.256 e. The van der Waals surface area contributed by atoms with E-state index in [4.69, 9.17) is 0 Å². The fourth-order valence-electron chi connectivity index (χ4n) is 4.38. The lowest BCUT2D eigenvalue weighted by atomic mass is 10.1. The molecule has 31 heavy (non-hydrogen) atoms. The van der Waals surface area contributed by atoms with Crippen LogP contribution >= 0.6 is 11.8 Å². The number of nitrogens with one attached hydrogen (secondary N) is 1. The maximum atomic E-state index is 13.1. The molecular formula is C26H24N2O2S. The van der Waals surface area contributed by atoms with Crippen molar-refractivity contribution in [2.24, 2.45) is 0 Å². The van der Waals surface area contributed by atoms with Gasteiger partial charge in [0.05, 0.1) is 11.3 Å². The molecule has 4 nitrogen and oxygen atoms in total. The third-order valence-corrected chi connectivity index (χ3v) is 7.06. The van der Waals surface area contributed by atoms with Crippen LogP contribution in [-0.2, 0) is 11.2 Å². The standard InChI is InChI=1S/C26H24N2O2S/c29-25(28-13-5-6-14-28)17-31-24-10-4-3-9-22(24)26(30)27-20-12-11-19-15-18-7-1-2-8-21(18)23(19)16-20/h1-4,7-12,16H,5-6,13-15,17H2,(H,27,30). The second-order valence-corrected chi connectivity index (χ2v) is 9.05. The highest BCUT2D eigenvalue weighted by Gasteiger charge is 2.21. The Labute approximate surface area is 186 Å². The lowest BCUT2D eigenvalue weighted by molar-refractivity contribution is -0.127. The summed E-state index contributed by atoms with van der Waals surface area (Å²) in [6, 6.07) is 22.0. The molecule has 1 N–H and O–H groups in total. The minimum atomic E-state index is -0.150. The maximum absolute atomic E-state index is 13.1. The van der Waals surface area contributed by atoms with E-state index < -0.39 is 0 Å². The average Bonchev–Trinajstić information content (AvgIpc) is 3.46. The van der Waals surface area contributed by atoms with Crippen LogP contribution in [0.15, 0.2) is 71.6 Å². The van der Waals surface area contributed by atoms with E-state index in [-0.39, 0.29) is 11.8 Å². The Morgan fingerprint density at radius 1 is 0.871 bits per heavy atom. The Morgan fingerprint density at radius 2 is 1.61 bits per heavy atom. The molecule has 1 aliphatic heterocycles. The number of likely N-dealkylation sites (tertiary alicyclic amines) is 1. The predicted molar refractivity (Wildman–Crippen MR) is 126 cm³/mol. The molecule has 0 bridgehead atoms. The molecule has 0 unspecified atom stereocenters. The lowest BCUT2D eigenvalue weighted by Gasteiger charge is -2.15. The van der Waals surface area contributed by atoms with Crippen molar-refractivity contribution in [2.75, 3.05) is 24.2 Å².